The molecule has 2 aromatic heterocycles. The van der Waals surface area contributed by atoms with Crippen LogP contribution < -0.4 is 5.32 Å². The lowest BCUT2D eigenvalue weighted by Crippen LogP contribution is -2.31. The highest BCUT2D eigenvalue weighted by molar-refractivity contribution is 6.16. The van der Waals surface area contributed by atoms with Gasteiger partial charge in [0.25, 0.3) is 5.91 Å². The molecule has 1 amide bonds. The van der Waals surface area contributed by atoms with E-state index in [9.17, 15) is 4.79 Å². The minimum atomic E-state index is -0.0371. The Kier molecular flexibility index (Phi) is 5.35. The number of hydrogen-bond acceptors (Lipinski definition) is 4. The van der Waals surface area contributed by atoms with Gasteiger partial charge in [0.2, 0.25) is 0 Å². The van der Waals surface area contributed by atoms with Crippen LogP contribution in [-0.4, -0.2) is 54.1 Å². The van der Waals surface area contributed by atoms with Crippen LogP contribution in [0.1, 0.15) is 40.6 Å². The Balaban J connectivity index is 1.67. The summed E-state index contributed by atoms with van der Waals surface area (Å²) in [7, 11) is 6.10. The fourth-order valence-electron chi connectivity index (χ4n) is 5.00. The van der Waals surface area contributed by atoms with Crippen LogP contribution in [-0.2, 0) is 11.8 Å². The summed E-state index contributed by atoms with van der Waals surface area (Å²) < 4.78 is 8.21. The van der Waals surface area contributed by atoms with E-state index in [4.69, 9.17) is 9.72 Å². The van der Waals surface area contributed by atoms with Crippen LogP contribution in [0, 0.1) is 6.92 Å². The summed E-state index contributed by atoms with van der Waals surface area (Å²) in [5.74, 6) is -0.0371. The van der Waals surface area contributed by atoms with Crippen molar-refractivity contribution in [2.24, 2.45) is 7.05 Å². The number of hydrogen-bond donors (Lipinski definition) is 1. The highest BCUT2D eigenvalue weighted by Crippen LogP contribution is 2.39. The SMILES string of the molecule is Cc1c2ccnc(C3CCCO3)c2cc2c3cc(C(=O)NCCN(C)C)ccc3n(C)c12. The van der Waals surface area contributed by atoms with Crippen LogP contribution in [0.25, 0.3) is 32.6 Å². The van der Waals surface area contributed by atoms with Gasteiger partial charge in [-0.15, -0.1) is 0 Å². The van der Waals surface area contributed by atoms with Crippen molar-refractivity contribution in [3.8, 4) is 0 Å². The van der Waals surface area contributed by atoms with Crippen molar-refractivity contribution in [3.05, 3.63) is 53.3 Å². The van der Waals surface area contributed by atoms with Gasteiger partial charge < -0.3 is 19.5 Å². The molecule has 1 fully saturated rings. The molecule has 0 saturated carbocycles. The second kappa shape index (κ2) is 8.19. The lowest BCUT2D eigenvalue weighted by molar-refractivity contribution is 0.0951. The minimum absolute atomic E-state index is 0.0371. The molecule has 1 unspecified atom stereocenters. The maximum atomic E-state index is 12.8. The van der Waals surface area contributed by atoms with Gasteiger partial charge in [-0.05, 0) is 75.1 Å². The maximum absolute atomic E-state index is 12.8. The molecule has 0 spiro atoms. The Labute approximate surface area is 188 Å². The molecule has 6 heteroatoms. The third-order valence-corrected chi connectivity index (χ3v) is 6.65. The zero-order valence-corrected chi connectivity index (χ0v) is 19.2. The second-order valence-electron chi connectivity index (χ2n) is 9.04. The lowest BCUT2D eigenvalue weighted by Gasteiger charge is -2.14. The molecule has 1 N–H and O–H groups in total. The van der Waals surface area contributed by atoms with E-state index in [0.717, 1.165) is 53.4 Å². The van der Waals surface area contributed by atoms with Crippen LogP contribution in [0.3, 0.4) is 0 Å². The predicted molar refractivity (Wildman–Crippen MR) is 129 cm³/mol. The fourth-order valence-corrected chi connectivity index (χ4v) is 5.00. The van der Waals surface area contributed by atoms with Gasteiger partial charge in [0.1, 0.15) is 6.10 Å². The van der Waals surface area contributed by atoms with Crippen LogP contribution in [0.5, 0.6) is 0 Å². The summed E-state index contributed by atoms with van der Waals surface area (Å²) in [5.41, 5.74) is 5.26. The van der Waals surface area contributed by atoms with Gasteiger partial charge in [0, 0.05) is 60.2 Å². The minimum Gasteiger partial charge on any atom is -0.372 e. The first-order chi connectivity index (χ1) is 15.5. The third kappa shape index (κ3) is 3.44. The summed E-state index contributed by atoms with van der Waals surface area (Å²) in [6, 6.07) is 10.3. The molecule has 166 valence electrons. The van der Waals surface area contributed by atoms with E-state index in [0.29, 0.717) is 12.1 Å². The molecule has 2 aromatic carbocycles. The average Bonchev–Trinajstić information content (AvgIpc) is 3.40. The number of likely N-dealkylation sites (N-methyl/N-ethyl adjacent to an activating group) is 1. The molecule has 0 aliphatic carbocycles. The Bertz CT molecular complexity index is 1330. The van der Waals surface area contributed by atoms with Crippen molar-refractivity contribution in [1.82, 2.24) is 19.8 Å². The molecular formula is C26H30N4O2. The van der Waals surface area contributed by atoms with E-state index in [1.807, 2.05) is 32.4 Å². The molecule has 5 rings (SSSR count). The largest absolute Gasteiger partial charge is 0.372 e. The number of benzene rings is 2. The molecule has 0 radical (unpaired) electrons. The maximum Gasteiger partial charge on any atom is 0.251 e. The Morgan fingerprint density at radius 2 is 2.03 bits per heavy atom. The van der Waals surface area contributed by atoms with Gasteiger partial charge >= 0.3 is 0 Å². The summed E-state index contributed by atoms with van der Waals surface area (Å²) in [5, 5.41) is 7.64. The van der Waals surface area contributed by atoms with Gasteiger partial charge in [0.05, 0.1) is 11.2 Å². The van der Waals surface area contributed by atoms with Gasteiger partial charge in [-0.2, -0.15) is 0 Å². The number of amides is 1. The van der Waals surface area contributed by atoms with E-state index in [1.54, 1.807) is 0 Å². The second-order valence-corrected chi connectivity index (χ2v) is 9.04. The van der Waals surface area contributed by atoms with Gasteiger partial charge in [0.15, 0.2) is 0 Å². The topological polar surface area (TPSA) is 59.4 Å². The predicted octanol–water partition coefficient (Wildman–Crippen LogP) is 4.33. The van der Waals surface area contributed by atoms with Gasteiger partial charge in [-0.25, -0.2) is 0 Å². The normalized spacial score (nSPS) is 16.6. The monoisotopic (exact) mass is 430 g/mol. The standard InChI is InChI=1S/C26H30N4O2/c1-16-18-9-10-27-24(23-6-5-13-32-23)20(18)15-21-19-14-17(26(31)28-11-12-29(2)3)7-8-22(19)30(4)25(16)21/h7-10,14-15,23H,5-6,11-13H2,1-4H3,(H,28,31). The zero-order chi connectivity index (χ0) is 22.4. The number of pyridine rings is 1. The van der Waals surface area contributed by atoms with Crippen molar-refractivity contribution < 1.29 is 9.53 Å². The van der Waals surface area contributed by atoms with E-state index in [1.165, 1.54) is 16.5 Å². The number of nitrogens with zero attached hydrogens (tertiary/aromatic N) is 3. The Hall–Kier alpha value is -2.96. The zero-order valence-electron chi connectivity index (χ0n) is 19.2. The summed E-state index contributed by atoms with van der Waals surface area (Å²) in [6.45, 7) is 4.41. The summed E-state index contributed by atoms with van der Waals surface area (Å²) in [6.07, 6.45) is 4.04. The Morgan fingerprint density at radius 3 is 2.78 bits per heavy atom. The van der Waals surface area contributed by atoms with Crippen molar-refractivity contribution >= 4 is 38.5 Å². The molecule has 1 atom stereocenters. The lowest BCUT2D eigenvalue weighted by atomic mass is 9.97. The number of carbonyl (C=O) groups excluding carboxylic acids is 1. The highest BCUT2D eigenvalue weighted by atomic mass is 16.5. The summed E-state index contributed by atoms with van der Waals surface area (Å²) >= 11 is 0. The van der Waals surface area contributed by atoms with Crippen molar-refractivity contribution in [1.29, 1.82) is 0 Å². The molecule has 1 saturated heterocycles. The van der Waals surface area contributed by atoms with E-state index in [2.05, 4.69) is 47.0 Å². The van der Waals surface area contributed by atoms with Crippen LogP contribution in [0.2, 0.25) is 0 Å². The van der Waals surface area contributed by atoms with Gasteiger partial charge in [-0.1, -0.05) is 0 Å². The summed E-state index contributed by atoms with van der Waals surface area (Å²) in [4.78, 5) is 19.5. The number of nitrogens with one attached hydrogen (secondary N) is 1. The van der Waals surface area contributed by atoms with Crippen molar-refractivity contribution in [2.75, 3.05) is 33.8 Å². The highest BCUT2D eigenvalue weighted by Gasteiger charge is 2.23. The van der Waals surface area contributed by atoms with Gasteiger partial charge in [-0.3, -0.25) is 9.78 Å². The van der Waals surface area contributed by atoms with E-state index in [-0.39, 0.29) is 12.0 Å². The number of fused-ring (bicyclic) bond motifs is 4. The van der Waals surface area contributed by atoms with Crippen LogP contribution >= 0.6 is 0 Å². The smallest absolute Gasteiger partial charge is 0.251 e. The fraction of sp³-hybridized carbons (Fsp3) is 0.385. The number of carbonyl (C=O) groups is 1. The van der Waals surface area contributed by atoms with Crippen LogP contribution in [0.15, 0.2) is 36.5 Å². The quantitative estimate of drug-likeness (QED) is 0.512. The third-order valence-electron chi connectivity index (χ3n) is 6.65. The first-order valence-electron chi connectivity index (χ1n) is 11.3. The molecule has 32 heavy (non-hydrogen) atoms. The molecule has 6 nitrogen and oxygen atoms in total. The number of rotatable bonds is 5. The van der Waals surface area contributed by atoms with Crippen molar-refractivity contribution in [2.45, 2.75) is 25.9 Å². The first kappa shape index (κ1) is 20.9. The molecule has 4 aromatic rings. The molecule has 1 aliphatic heterocycles. The Morgan fingerprint density at radius 1 is 1.19 bits per heavy atom. The number of aromatic nitrogens is 2. The molecule has 3 heterocycles. The van der Waals surface area contributed by atoms with Crippen LogP contribution in [0.4, 0.5) is 0 Å². The van der Waals surface area contributed by atoms with E-state index < -0.39 is 0 Å². The average molecular weight is 431 g/mol. The number of aryl methyl sites for hydroxylation is 2. The molecule has 1 aliphatic rings. The van der Waals surface area contributed by atoms with Crippen molar-refractivity contribution in [3.63, 3.8) is 0 Å². The molecule has 0 bridgehead atoms. The number of ether oxygens (including phenoxy) is 1. The molecular weight excluding hydrogens is 400 g/mol. The van der Waals surface area contributed by atoms with E-state index >= 15 is 0 Å². The first-order valence-corrected chi connectivity index (χ1v) is 11.3.